The van der Waals surface area contributed by atoms with Crippen LogP contribution >= 0.6 is 11.6 Å². The lowest BCUT2D eigenvalue weighted by Gasteiger charge is -2.24. The van der Waals surface area contributed by atoms with Gasteiger partial charge in [-0.3, -0.25) is 19.2 Å². The second-order valence-electron chi connectivity index (χ2n) is 28.5. The molecule has 18 atom stereocenters. The molecule has 0 amide bonds. The molecule has 0 radical (unpaired) electrons. The van der Waals surface area contributed by atoms with Crippen molar-refractivity contribution in [3.63, 3.8) is 0 Å². The van der Waals surface area contributed by atoms with Gasteiger partial charge >= 0.3 is 90.9 Å². The summed E-state index contributed by atoms with van der Waals surface area (Å²) >= 11 is 4.75. The van der Waals surface area contributed by atoms with E-state index in [2.05, 4.69) is 48.2 Å². The van der Waals surface area contributed by atoms with Crippen LogP contribution in [0.3, 0.4) is 0 Å². The van der Waals surface area contributed by atoms with E-state index in [0.717, 1.165) is 11.1 Å². The smallest absolute Gasteiger partial charge is 0.481 e. The molecule has 0 aromatic heterocycles. The number of hydrogen-bond donors (Lipinski definition) is 4. The average Bonchev–Trinajstić information content (AvgIpc) is 1.65. The van der Waals surface area contributed by atoms with Crippen LogP contribution < -0.4 is 0 Å². The van der Waals surface area contributed by atoms with Crippen LogP contribution in [0.4, 0.5) is 52.7 Å². The van der Waals surface area contributed by atoms with E-state index in [1.54, 1.807) is 0 Å². The first-order chi connectivity index (χ1) is 60.9. The summed E-state index contributed by atoms with van der Waals surface area (Å²) in [5.74, 6) is -8.02. The zero-order valence-electron chi connectivity index (χ0n) is 74.5. The lowest BCUT2D eigenvalue weighted by molar-refractivity contribution is -0.162. The van der Waals surface area contributed by atoms with E-state index in [1.165, 1.54) is 101 Å². The van der Waals surface area contributed by atoms with Crippen molar-refractivity contribution in [1.29, 1.82) is 0 Å². The highest BCUT2D eigenvalue weighted by Crippen LogP contribution is 2.31. The summed E-state index contributed by atoms with van der Waals surface area (Å²) < 4.78 is 120. The first kappa shape index (κ1) is 117. The zero-order chi connectivity index (χ0) is 97.5. The van der Waals surface area contributed by atoms with Crippen molar-refractivity contribution in [3.8, 4) is 0 Å². The number of carboxylic acids is 2. The Balaban J connectivity index is 0.00000193. The minimum absolute atomic E-state index is 0.0151. The molecule has 2 fully saturated rings. The van der Waals surface area contributed by atoms with Crippen molar-refractivity contribution >= 4 is 102 Å². The summed E-state index contributed by atoms with van der Waals surface area (Å²) in [5.41, 5.74) is 1.09. The van der Waals surface area contributed by atoms with Gasteiger partial charge in [-0.15, -0.1) is 0 Å². The Labute approximate surface area is 750 Å². The molecule has 4 rings (SSSR count). The van der Waals surface area contributed by atoms with Crippen LogP contribution in [0, 0.1) is 23.7 Å². The molecule has 2 aromatic rings. The molecule has 2 aromatic carbocycles. The molecule has 0 saturated carbocycles. The SMILES string of the molecule is C=CCOC(=O)Cl.C=CCOC(=O)OCC(C)OC(=O)OCC(C)OC(=O)OCC=C.CC(COC(=O)OCC(C)OC(=O)C(C)C(CC(C)c1ccccc1)C(=O)O)OC(=O)OCC(C)OC(=O)OCC(C)OC(=O)C(C)C(CC(C)c1ccccc1)C(=O)O.CC(COC(=O)OCC1CO1)OC(=O)OCC(C)OC(=O)OCC1CO1.CC(O)COC(=O)OC(C)CO. The van der Waals surface area contributed by atoms with Gasteiger partial charge in [-0.2, -0.15) is 0 Å². The molecule has 2 aliphatic rings. The third-order valence-corrected chi connectivity index (χ3v) is 16.1. The summed E-state index contributed by atoms with van der Waals surface area (Å²) in [6, 6.07) is 18.7. The third kappa shape index (κ3) is 62.6. The minimum atomic E-state index is -1.16. The van der Waals surface area contributed by atoms with Gasteiger partial charge in [0, 0.05) is 11.6 Å². The minimum Gasteiger partial charge on any atom is -0.481 e. The number of epoxide rings is 2. The molecular formula is C84H121ClO44. The Kier molecular flexibility index (Phi) is 61.6. The highest BCUT2D eigenvalue weighted by molar-refractivity contribution is 6.61. The Morgan fingerprint density at radius 1 is 0.349 bits per heavy atom. The van der Waals surface area contributed by atoms with E-state index in [9.17, 15) is 82.1 Å². The number of aliphatic hydroxyl groups excluding tert-OH is 2. The molecule has 4 N–H and O–H groups in total. The van der Waals surface area contributed by atoms with Crippen molar-refractivity contribution in [2.75, 3.05) is 112 Å². The quantitative estimate of drug-likeness (QED) is 0.0157. The van der Waals surface area contributed by atoms with Gasteiger partial charge in [0.15, 0.2) is 0 Å². The molecule has 0 spiro atoms. The van der Waals surface area contributed by atoms with Crippen molar-refractivity contribution < 1.29 is 211 Å². The summed E-state index contributed by atoms with van der Waals surface area (Å²) in [4.78, 5) is 174. The number of aliphatic carboxylic acids is 2. The van der Waals surface area contributed by atoms with Crippen LogP contribution in [0.1, 0.15) is 133 Å². The largest absolute Gasteiger partial charge is 0.508 e. The number of carboxylic acid groups (broad SMARTS) is 2. The Morgan fingerprint density at radius 3 is 0.845 bits per heavy atom. The number of benzene rings is 2. The summed E-state index contributed by atoms with van der Waals surface area (Å²) in [6.45, 7) is 30.3. The van der Waals surface area contributed by atoms with E-state index in [-0.39, 0.29) is 110 Å². The Hall–Kier alpha value is -12.2. The third-order valence-electron chi connectivity index (χ3n) is 16.0. The van der Waals surface area contributed by atoms with Gasteiger partial charge in [0.2, 0.25) is 0 Å². The fraction of sp³-hybridized carbons (Fsp3) is 0.607. The van der Waals surface area contributed by atoms with Gasteiger partial charge in [0.25, 0.3) is 0 Å². The number of carbonyl (C=O) groups is 15. The second kappa shape index (κ2) is 68.0. The normalized spacial score (nSPS) is 16.0. The molecular weight excluding hydrogens is 1750 g/mol. The predicted molar refractivity (Wildman–Crippen MR) is 442 cm³/mol. The van der Waals surface area contributed by atoms with E-state index in [4.69, 9.17) is 112 Å². The van der Waals surface area contributed by atoms with Crippen molar-refractivity contribution in [3.05, 3.63) is 110 Å². The number of carbonyl (C=O) groups excluding carboxylic acids is 13. The molecule has 0 aliphatic carbocycles. The topological polar surface area (TPSA) is 574 Å². The molecule has 18 unspecified atom stereocenters. The molecule has 0 bridgehead atoms. The van der Waals surface area contributed by atoms with Crippen molar-refractivity contribution in [2.45, 2.75) is 195 Å². The standard InChI is InChI=1S/C43H58O17.C15H22O11.C15H22O9.C7H14O5.C4H5ClO2/c1-25(33-15-11-9-12-16-33)19-35(37(44)45)31(7)39(48)57-27(3)21-53-41(50)54-23-29(5)59-43(52)56-24-30(6)60-42(51)55-22-28(4)58-40(49)32(8)36(38(46)47)20-26(2)34-17-13-10-14-18-34;1-9(3-21-13(16)23-7-11-5-19-11)25-14(17)22-4-10(2)26-15(18)24-8-12-6-20-12;1-5-7-19-13(16)21-9-11(3)24-15(18)22-10-12(4)23-14(17)20-8-6-2;1-5(9)4-11-7(10)12-6(2)3-8;1-2-3-7-4(5)6/h9-18,25-32,35-36H,19-24H2,1-8H3,(H,44,45)(H,46,47);9-12H,3-8H2,1-2H3;5-6,11-12H,1-2,7-10H2,3-4H3;5-6,8-9H,3-4H2,1-2H3;2H,1,3H2. The first-order valence-electron chi connectivity index (χ1n) is 40.3. The Bertz CT molecular complexity index is 3690. The number of ether oxygens (including phenoxy) is 25. The van der Waals surface area contributed by atoms with Crippen LogP contribution in [0.2, 0.25) is 0 Å². The van der Waals surface area contributed by atoms with E-state index in [0.29, 0.717) is 13.2 Å². The molecule has 129 heavy (non-hydrogen) atoms. The lowest BCUT2D eigenvalue weighted by Crippen LogP contribution is -2.33. The average molecular weight is 1870 g/mol. The number of rotatable bonds is 50. The van der Waals surface area contributed by atoms with Gasteiger partial charge in [-0.25, -0.2) is 52.7 Å². The number of halogens is 1. The van der Waals surface area contributed by atoms with Gasteiger partial charge in [-0.1, -0.05) is 126 Å². The maximum atomic E-state index is 12.8. The molecule has 728 valence electrons. The van der Waals surface area contributed by atoms with Crippen LogP contribution in [0.25, 0.3) is 0 Å². The van der Waals surface area contributed by atoms with Gasteiger partial charge < -0.3 is 139 Å². The van der Waals surface area contributed by atoms with Gasteiger partial charge in [0.05, 0.1) is 49.6 Å². The fourth-order valence-corrected chi connectivity index (χ4v) is 9.16. The first-order valence-corrected chi connectivity index (χ1v) is 40.7. The lowest BCUT2D eigenvalue weighted by atomic mass is 9.83. The molecule has 2 aliphatic heterocycles. The maximum absolute atomic E-state index is 12.8. The van der Waals surface area contributed by atoms with Crippen LogP contribution in [-0.2, 0) is 138 Å². The summed E-state index contributed by atoms with van der Waals surface area (Å²) in [7, 11) is 0. The van der Waals surface area contributed by atoms with Crippen molar-refractivity contribution in [2.24, 2.45) is 23.7 Å². The monoisotopic (exact) mass is 1870 g/mol. The predicted octanol–water partition coefficient (Wildman–Crippen LogP) is 12.2. The molecule has 2 heterocycles. The fourth-order valence-electron chi connectivity index (χ4n) is 9.10. The number of hydrogen-bond acceptors (Lipinski definition) is 42. The highest BCUT2D eigenvalue weighted by atomic mass is 35.5. The molecule has 44 nitrogen and oxygen atoms in total. The molecule has 45 heteroatoms. The summed E-state index contributed by atoms with van der Waals surface area (Å²) in [5, 5.41) is 36.8. The van der Waals surface area contributed by atoms with Gasteiger partial charge in [0.1, 0.15) is 160 Å². The maximum Gasteiger partial charge on any atom is 0.508 e. The Morgan fingerprint density at radius 2 is 0.581 bits per heavy atom. The van der Waals surface area contributed by atoms with Gasteiger partial charge in [-0.05, 0) is 105 Å². The van der Waals surface area contributed by atoms with E-state index < -0.39 is 202 Å². The number of aliphatic hydroxyl groups is 2. The van der Waals surface area contributed by atoms with Crippen LogP contribution in [0.15, 0.2) is 98.6 Å². The summed E-state index contributed by atoms with van der Waals surface area (Å²) in [6.07, 6.45) is -13.4. The second-order valence-corrected chi connectivity index (χ2v) is 28.8. The van der Waals surface area contributed by atoms with Crippen molar-refractivity contribution in [1.82, 2.24) is 0 Å². The van der Waals surface area contributed by atoms with Crippen LogP contribution in [0.5, 0.6) is 0 Å². The zero-order valence-corrected chi connectivity index (χ0v) is 75.2. The molecule has 2 saturated heterocycles. The highest BCUT2D eigenvalue weighted by Gasteiger charge is 2.36. The van der Waals surface area contributed by atoms with E-state index >= 15 is 0 Å². The van der Waals surface area contributed by atoms with Crippen LogP contribution in [-0.4, -0.2) is 297 Å². The van der Waals surface area contributed by atoms with E-state index in [1.807, 2.05) is 74.5 Å². The number of esters is 2.